The molecule has 32 heavy (non-hydrogen) atoms. The second-order valence-corrected chi connectivity index (χ2v) is 8.87. The van der Waals surface area contributed by atoms with Gasteiger partial charge in [0, 0.05) is 23.8 Å². The number of ether oxygens (including phenoxy) is 2. The first-order valence-corrected chi connectivity index (χ1v) is 12.0. The van der Waals surface area contributed by atoms with Gasteiger partial charge in [-0.25, -0.2) is 4.98 Å². The van der Waals surface area contributed by atoms with Gasteiger partial charge in [-0.3, -0.25) is 14.4 Å². The molecule has 0 saturated heterocycles. The average molecular weight is 469 g/mol. The minimum Gasteiger partial charge on any atom is -0.497 e. The number of methoxy groups -OCH3 is 1. The number of hydrogen-bond acceptors (Lipinski definition) is 7. The summed E-state index contributed by atoms with van der Waals surface area (Å²) in [6, 6.07) is 15.4. The van der Waals surface area contributed by atoms with Gasteiger partial charge in [0.2, 0.25) is 5.91 Å². The van der Waals surface area contributed by atoms with Crippen LogP contribution in [0.15, 0.2) is 65.8 Å². The van der Waals surface area contributed by atoms with E-state index in [0.29, 0.717) is 30.6 Å². The molecule has 2 heterocycles. The third-order valence-electron chi connectivity index (χ3n) is 4.74. The zero-order valence-electron chi connectivity index (χ0n) is 17.9. The second-order valence-electron chi connectivity index (χ2n) is 6.81. The number of anilines is 1. The highest BCUT2D eigenvalue weighted by atomic mass is 32.2. The molecule has 0 aliphatic heterocycles. The van der Waals surface area contributed by atoms with Crippen LogP contribution in [0.25, 0.3) is 10.2 Å². The molecule has 166 valence electrons. The molecule has 0 aliphatic carbocycles. The molecular weight excluding hydrogens is 444 g/mol. The lowest BCUT2D eigenvalue weighted by Crippen LogP contribution is -2.35. The number of nitrogens with zero attached hydrogens (tertiary/aromatic N) is 4. The second kappa shape index (κ2) is 10.5. The zero-order chi connectivity index (χ0) is 22.3. The predicted molar refractivity (Wildman–Crippen MR) is 129 cm³/mol. The van der Waals surface area contributed by atoms with Crippen molar-refractivity contribution >= 4 is 44.4 Å². The van der Waals surface area contributed by atoms with E-state index in [4.69, 9.17) is 14.5 Å². The van der Waals surface area contributed by atoms with Crippen LogP contribution in [0, 0.1) is 0 Å². The number of fused-ring (bicyclic) bond motifs is 1. The third kappa shape index (κ3) is 5.23. The van der Waals surface area contributed by atoms with Crippen molar-refractivity contribution in [2.75, 3.05) is 30.9 Å². The molecule has 4 rings (SSSR count). The maximum Gasteiger partial charge on any atom is 0.239 e. The van der Waals surface area contributed by atoms with Crippen LogP contribution in [0.2, 0.25) is 0 Å². The third-order valence-corrected chi connectivity index (χ3v) is 6.78. The quantitative estimate of drug-likeness (QED) is 0.314. The van der Waals surface area contributed by atoms with Gasteiger partial charge in [0.15, 0.2) is 5.13 Å². The lowest BCUT2D eigenvalue weighted by molar-refractivity contribution is -0.116. The summed E-state index contributed by atoms with van der Waals surface area (Å²) < 4.78 is 13.7. The van der Waals surface area contributed by atoms with Crippen LogP contribution in [0.5, 0.6) is 11.5 Å². The summed E-state index contributed by atoms with van der Waals surface area (Å²) in [6.07, 6.45) is 3.62. The van der Waals surface area contributed by atoms with E-state index in [0.717, 1.165) is 26.6 Å². The fourth-order valence-corrected chi connectivity index (χ4v) is 4.96. The summed E-state index contributed by atoms with van der Waals surface area (Å²) in [5, 5.41) is 4.92. The summed E-state index contributed by atoms with van der Waals surface area (Å²) in [5.41, 5.74) is 0.786. The van der Waals surface area contributed by atoms with Crippen molar-refractivity contribution < 1.29 is 14.3 Å². The van der Waals surface area contributed by atoms with Gasteiger partial charge in [-0.15, -0.1) is 11.8 Å². The largest absolute Gasteiger partial charge is 0.497 e. The fraction of sp³-hybridized carbons (Fsp3) is 0.261. The monoisotopic (exact) mass is 468 g/mol. The highest BCUT2D eigenvalue weighted by Gasteiger charge is 2.21. The smallest absolute Gasteiger partial charge is 0.239 e. The van der Waals surface area contributed by atoms with Gasteiger partial charge in [-0.05, 0) is 49.4 Å². The number of para-hydroxylation sites is 1. The lowest BCUT2D eigenvalue weighted by Gasteiger charge is -2.20. The van der Waals surface area contributed by atoms with Gasteiger partial charge >= 0.3 is 0 Å². The first-order chi connectivity index (χ1) is 15.7. The maximum atomic E-state index is 13.3. The summed E-state index contributed by atoms with van der Waals surface area (Å²) >= 11 is 2.99. The van der Waals surface area contributed by atoms with E-state index in [2.05, 4.69) is 5.10 Å². The Morgan fingerprint density at radius 1 is 1.19 bits per heavy atom. The van der Waals surface area contributed by atoms with E-state index in [1.54, 1.807) is 18.2 Å². The molecule has 0 radical (unpaired) electrons. The number of rotatable bonds is 10. The standard InChI is InChI=1S/C23H24N4O3S2/c1-3-30-19-6-4-7-20-22(19)25-23(32-20)27(15-14-26-13-5-12-24-26)21(28)16-31-18-10-8-17(29-2)9-11-18/h4-13H,3,14-16H2,1-2H3. The number of benzene rings is 2. The van der Waals surface area contributed by atoms with Crippen molar-refractivity contribution in [3.8, 4) is 11.5 Å². The van der Waals surface area contributed by atoms with Gasteiger partial charge in [-0.2, -0.15) is 5.10 Å². The van der Waals surface area contributed by atoms with Crippen molar-refractivity contribution in [1.29, 1.82) is 0 Å². The molecule has 0 bridgehead atoms. The first kappa shape index (κ1) is 22.2. The van der Waals surface area contributed by atoms with Gasteiger partial charge in [0.1, 0.15) is 17.0 Å². The lowest BCUT2D eigenvalue weighted by atomic mass is 10.3. The number of carbonyl (C=O) groups excluding carboxylic acids is 1. The van der Waals surface area contributed by atoms with Crippen LogP contribution in [0.4, 0.5) is 5.13 Å². The first-order valence-electron chi connectivity index (χ1n) is 10.2. The number of thioether (sulfide) groups is 1. The zero-order valence-corrected chi connectivity index (χ0v) is 19.6. The minimum absolute atomic E-state index is 0.00464. The van der Waals surface area contributed by atoms with E-state index >= 15 is 0 Å². The molecule has 0 fully saturated rings. The van der Waals surface area contributed by atoms with Crippen molar-refractivity contribution in [3.63, 3.8) is 0 Å². The topological polar surface area (TPSA) is 69.5 Å². The van der Waals surface area contributed by atoms with Crippen molar-refractivity contribution in [2.24, 2.45) is 0 Å². The molecule has 0 aliphatic rings. The molecule has 0 unspecified atom stereocenters. The van der Waals surface area contributed by atoms with Crippen LogP contribution in [0.1, 0.15) is 6.92 Å². The van der Waals surface area contributed by atoms with Crippen LogP contribution < -0.4 is 14.4 Å². The molecular formula is C23H24N4O3S2. The van der Waals surface area contributed by atoms with Crippen LogP contribution in [0.3, 0.4) is 0 Å². The highest BCUT2D eigenvalue weighted by Crippen LogP contribution is 2.34. The van der Waals surface area contributed by atoms with E-state index < -0.39 is 0 Å². The van der Waals surface area contributed by atoms with E-state index in [1.165, 1.54) is 23.1 Å². The Hall–Kier alpha value is -3.04. The average Bonchev–Trinajstić information content (AvgIpc) is 3.49. The van der Waals surface area contributed by atoms with Crippen molar-refractivity contribution in [2.45, 2.75) is 18.4 Å². The summed E-state index contributed by atoms with van der Waals surface area (Å²) in [5.74, 6) is 1.83. The Morgan fingerprint density at radius 3 is 2.75 bits per heavy atom. The van der Waals surface area contributed by atoms with Gasteiger partial charge in [-0.1, -0.05) is 17.4 Å². The Kier molecular flexibility index (Phi) is 7.28. The summed E-state index contributed by atoms with van der Waals surface area (Å²) in [7, 11) is 1.64. The molecule has 1 amide bonds. The number of thiazole rings is 1. The molecule has 4 aromatic rings. The Bertz CT molecular complexity index is 1160. The Morgan fingerprint density at radius 2 is 2.03 bits per heavy atom. The molecule has 0 spiro atoms. The molecule has 0 saturated carbocycles. The predicted octanol–water partition coefficient (Wildman–Crippen LogP) is 4.73. The molecule has 2 aromatic carbocycles. The van der Waals surface area contributed by atoms with Crippen molar-refractivity contribution in [1.82, 2.24) is 14.8 Å². The molecule has 2 aromatic heterocycles. The summed E-state index contributed by atoms with van der Waals surface area (Å²) in [6.45, 7) is 3.57. The maximum absolute atomic E-state index is 13.3. The van der Waals surface area contributed by atoms with E-state index in [9.17, 15) is 4.79 Å². The van der Waals surface area contributed by atoms with E-state index in [1.807, 2.05) is 66.3 Å². The number of aromatic nitrogens is 3. The highest BCUT2D eigenvalue weighted by molar-refractivity contribution is 8.00. The minimum atomic E-state index is -0.00464. The fourth-order valence-electron chi connectivity index (χ4n) is 3.16. The van der Waals surface area contributed by atoms with Crippen LogP contribution >= 0.6 is 23.1 Å². The number of hydrogen-bond donors (Lipinski definition) is 0. The van der Waals surface area contributed by atoms with Gasteiger partial charge < -0.3 is 9.47 Å². The van der Waals surface area contributed by atoms with Crippen LogP contribution in [-0.4, -0.2) is 46.7 Å². The van der Waals surface area contributed by atoms with Gasteiger partial charge in [0.25, 0.3) is 0 Å². The molecule has 7 nitrogen and oxygen atoms in total. The number of amides is 1. The number of carbonyl (C=O) groups is 1. The van der Waals surface area contributed by atoms with E-state index in [-0.39, 0.29) is 5.91 Å². The van der Waals surface area contributed by atoms with Crippen LogP contribution in [-0.2, 0) is 11.3 Å². The SMILES string of the molecule is CCOc1cccc2sc(N(CCn3cccn3)C(=O)CSc3ccc(OC)cc3)nc12. The molecule has 9 heteroatoms. The summed E-state index contributed by atoms with van der Waals surface area (Å²) in [4.78, 5) is 20.8. The Labute approximate surface area is 195 Å². The molecule has 0 atom stereocenters. The molecule has 0 N–H and O–H groups in total. The van der Waals surface area contributed by atoms with Gasteiger partial charge in [0.05, 0.1) is 30.7 Å². The van der Waals surface area contributed by atoms with Crippen molar-refractivity contribution in [3.05, 3.63) is 60.9 Å². The Balaban J connectivity index is 1.55. The normalized spacial score (nSPS) is 10.9.